The molecule has 2 atom stereocenters. The topological polar surface area (TPSA) is 53.5 Å². The zero-order valence-electron chi connectivity index (χ0n) is 12.3. The quantitative estimate of drug-likeness (QED) is 0.821. The average Bonchev–Trinajstić information content (AvgIpc) is 2.57. The first-order chi connectivity index (χ1) is 9.20. The monoisotopic (exact) mass is 265 g/mol. The van der Waals surface area contributed by atoms with E-state index in [1.54, 1.807) is 0 Å². The van der Waals surface area contributed by atoms with E-state index < -0.39 is 0 Å². The van der Waals surface area contributed by atoms with Gasteiger partial charge in [-0.25, -0.2) is 0 Å². The van der Waals surface area contributed by atoms with Crippen LogP contribution in [0, 0.1) is 5.92 Å². The van der Waals surface area contributed by atoms with Crippen LogP contribution in [0.15, 0.2) is 4.99 Å². The SMILES string of the molecule is CCCN=C1NC(=O)C2(CCCC(CCC)CC2)N1. The predicted octanol–water partition coefficient (Wildman–Crippen LogP) is 2.59. The Morgan fingerprint density at radius 1 is 1.26 bits per heavy atom. The second-order valence-corrected chi connectivity index (χ2v) is 5.98. The van der Waals surface area contributed by atoms with Crippen LogP contribution < -0.4 is 10.6 Å². The van der Waals surface area contributed by atoms with E-state index in [1.807, 2.05) is 0 Å². The lowest BCUT2D eigenvalue weighted by atomic mass is 9.89. The van der Waals surface area contributed by atoms with Gasteiger partial charge in [0.05, 0.1) is 0 Å². The lowest BCUT2D eigenvalue weighted by Crippen LogP contribution is -2.46. The summed E-state index contributed by atoms with van der Waals surface area (Å²) in [4.78, 5) is 16.7. The normalized spacial score (nSPS) is 33.3. The van der Waals surface area contributed by atoms with Crippen LogP contribution in [0.2, 0.25) is 0 Å². The minimum absolute atomic E-state index is 0.138. The first-order valence-electron chi connectivity index (χ1n) is 7.84. The molecule has 1 amide bonds. The van der Waals surface area contributed by atoms with Crippen LogP contribution in [0.4, 0.5) is 0 Å². The van der Waals surface area contributed by atoms with E-state index in [0.717, 1.165) is 44.6 Å². The van der Waals surface area contributed by atoms with Gasteiger partial charge >= 0.3 is 0 Å². The molecular weight excluding hydrogens is 238 g/mol. The molecule has 19 heavy (non-hydrogen) atoms. The third-order valence-corrected chi connectivity index (χ3v) is 4.41. The largest absolute Gasteiger partial charge is 0.342 e. The molecule has 2 rings (SSSR count). The maximum Gasteiger partial charge on any atom is 0.252 e. The molecule has 0 bridgehead atoms. The molecule has 4 nitrogen and oxygen atoms in total. The summed E-state index contributed by atoms with van der Waals surface area (Å²) >= 11 is 0. The summed E-state index contributed by atoms with van der Waals surface area (Å²) in [5, 5.41) is 6.31. The maximum atomic E-state index is 12.3. The van der Waals surface area contributed by atoms with E-state index in [1.165, 1.54) is 19.3 Å². The Balaban J connectivity index is 2.01. The van der Waals surface area contributed by atoms with Crippen molar-refractivity contribution < 1.29 is 4.79 Å². The minimum atomic E-state index is -0.366. The summed E-state index contributed by atoms with van der Waals surface area (Å²) in [6.45, 7) is 5.12. The molecule has 1 saturated carbocycles. The van der Waals surface area contributed by atoms with Crippen LogP contribution in [0.3, 0.4) is 0 Å². The highest BCUT2D eigenvalue weighted by Gasteiger charge is 2.45. The summed E-state index contributed by atoms with van der Waals surface area (Å²) in [5.41, 5.74) is -0.366. The summed E-state index contributed by atoms with van der Waals surface area (Å²) in [6, 6.07) is 0. The van der Waals surface area contributed by atoms with Crippen molar-refractivity contribution in [1.82, 2.24) is 10.6 Å². The van der Waals surface area contributed by atoms with Gasteiger partial charge in [0, 0.05) is 6.54 Å². The van der Waals surface area contributed by atoms with Crippen LogP contribution in [-0.4, -0.2) is 24.0 Å². The van der Waals surface area contributed by atoms with Crippen LogP contribution in [0.5, 0.6) is 0 Å². The molecule has 0 radical (unpaired) electrons. The van der Waals surface area contributed by atoms with Crippen molar-refractivity contribution >= 4 is 11.9 Å². The Hall–Kier alpha value is -1.06. The van der Waals surface area contributed by atoms with E-state index >= 15 is 0 Å². The molecule has 1 heterocycles. The standard InChI is InChI=1S/C15H27N3O/c1-3-6-12-7-5-9-15(10-8-12)13(19)17-14(18-15)16-11-4-2/h12H,3-11H2,1-2H3,(H2,16,17,18,19). The molecule has 0 aromatic heterocycles. The van der Waals surface area contributed by atoms with Gasteiger partial charge in [0.25, 0.3) is 5.91 Å². The van der Waals surface area contributed by atoms with Gasteiger partial charge in [-0.3, -0.25) is 15.1 Å². The Morgan fingerprint density at radius 2 is 2.11 bits per heavy atom. The molecule has 2 fully saturated rings. The zero-order valence-corrected chi connectivity index (χ0v) is 12.3. The van der Waals surface area contributed by atoms with Gasteiger partial charge in [0.2, 0.25) is 0 Å². The highest BCUT2D eigenvalue weighted by Crippen LogP contribution is 2.34. The number of aliphatic imine (C=N–C) groups is 1. The number of hydrogen-bond donors (Lipinski definition) is 2. The van der Waals surface area contributed by atoms with Crippen LogP contribution in [-0.2, 0) is 4.79 Å². The molecule has 2 aliphatic rings. The summed E-state index contributed by atoms with van der Waals surface area (Å²) < 4.78 is 0. The van der Waals surface area contributed by atoms with Crippen LogP contribution in [0.25, 0.3) is 0 Å². The second-order valence-electron chi connectivity index (χ2n) is 5.98. The number of carbonyl (C=O) groups excluding carboxylic acids is 1. The highest BCUT2D eigenvalue weighted by molar-refractivity contribution is 6.09. The molecule has 1 aliphatic carbocycles. The molecule has 2 unspecified atom stereocenters. The Labute approximate surface area is 116 Å². The lowest BCUT2D eigenvalue weighted by Gasteiger charge is -2.24. The smallest absolute Gasteiger partial charge is 0.252 e. The lowest BCUT2D eigenvalue weighted by molar-refractivity contribution is -0.124. The Kier molecular flexibility index (Phi) is 4.83. The Bertz CT molecular complexity index is 353. The molecule has 4 heteroatoms. The fraction of sp³-hybridized carbons (Fsp3) is 0.867. The van der Waals surface area contributed by atoms with Gasteiger partial charge in [-0.15, -0.1) is 0 Å². The third-order valence-electron chi connectivity index (χ3n) is 4.41. The molecule has 0 aromatic rings. The predicted molar refractivity (Wildman–Crippen MR) is 78.1 cm³/mol. The van der Waals surface area contributed by atoms with Gasteiger partial charge in [0.15, 0.2) is 5.96 Å². The molecule has 2 N–H and O–H groups in total. The maximum absolute atomic E-state index is 12.3. The number of carbonyl (C=O) groups is 1. The van der Waals surface area contributed by atoms with Gasteiger partial charge in [-0.2, -0.15) is 0 Å². The van der Waals surface area contributed by atoms with Crippen molar-refractivity contribution in [3.05, 3.63) is 0 Å². The molecule has 0 aromatic carbocycles. The number of hydrogen-bond acceptors (Lipinski definition) is 2. The van der Waals surface area contributed by atoms with Crippen molar-refractivity contribution in [2.24, 2.45) is 10.9 Å². The van der Waals surface area contributed by atoms with E-state index in [4.69, 9.17) is 0 Å². The van der Waals surface area contributed by atoms with Crippen LogP contribution >= 0.6 is 0 Å². The number of nitrogens with one attached hydrogen (secondary N) is 2. The first kappa shape index (κ1) is 14.4. The molecule has 1 aliphatic heterocycles. The minimum Gasteiger partial charge on any atom is -0.342 e. The molecule has 108 valence electrons. The number of guanidine groups is 1. The van der Waals surface area contributed by atoms with Crippen molar-refractivity contribution in [2.45, 2.75) is 70.8 Å². The van der Waals surface area contributed by atoms with Gasteiger partial charge in [0.1, 0.15) is 5.54 Å². The fourth-order valence-electron chi connectivity index (χ4n) is 3.31. The van der Waals surface area contributed by atoms with Crippen molar-refractivity contribution in [1.29, 1.82) is 0 Å². The summed E-state index contributed by atoms with van der Waals surface area (Å²) in [5.74, 6) is 1.64. The molecule has 1 saturated heterocycles. The zero-order chi connectivity index (χ0) is 13.7. The van der Waals surface area contributed by atoms with E-state index in [-0.39, 0.29) is 11.4 Å². The summed E-state index contributed by atoms with van der Waals surface area (Å²) in [6.07, 6.45) is 9.04. The van der Waals surface area contributed by atoms with E-state index in [2.05, 4.69) is 29.5 Å². The van der Waals surface area contributed by atoms with Crippen LogP contribution in [0.1, 0.15) is 65.2 Å². The third kappa shape index (κ3) is 3.28. The Morgan fingerprint density at radius 3 is 2.84 bits per heavy atom. The summed E-state index contributed by atoms with van der Waals surface area (Å²) in [7, 11) is 0. The van der Waals surface area contributed by atoms with E-state index in [9.17, 15) is 4.79 Å². The number of rotatable bonds is 4. The average molecular weight is 265 g/mol. The number of amides is 1. The van der Waals surface area contributed by atoms with E-state index in [0.29, 0.717) is 5.96 Å². The fourth-order valence-corrected chi connectivity index (χ4v) is 3.31. The van der Waals surface area contributed by atoms with Gasteiger partial charge in [-0.1, -0.05) is 39.5 Å². The highest BCUT2D eigenvalue weighted by atomic mass is 16.2. The van der Waals surface area contributed by atoms with Crippen molar-refractivity contribution in [3.63, 3.8) is 0 Å². The number of nitrogens with zero attached hydrogens (tertiary/aromatic N) is 1. The first-order valence-corrected chi connectivity index (χ1v) is 7.84. The van der Waals surface area contributed by atoms with Gasteiger partial charge < -0.3 is 5.32 Å². The van der Waals surface area contributed by atoms with Crippen molar-refractivity contribution in [2.75, 3.05) is 6.54 Å². The van der Waals surface area contributed by atoms with Gasteiger partial charge in [-0.05, 0) is 31.6 Å². The second kappa shape index (κ2) is 6.40. The molecular formula is C15H27N3O. The van der Waals surface area contributed by atoms with Crippen molar-refractivity contribution in [3.8, 4) is 0 Å². The molecule has 1 spiro atoms.